The number of nitrogens with zero attached hydrogens (tertiary/aromatic N) is 2. The monoisotopic (exact) mass is 270 g/mol. The van der Waals surface area contributed by atoms with Crippen LogP contribution in [-0.2, 0) is 4.33 Å². The van der Waals surface area contributed by atoms with E-state index in [1.807, 2.05) is 18.2 Å². The summed E-state index contributed by atoms with van der Waals surface area (Å²) in [5, 5.41) is 0. The van der Waals surface area contributed by atoms with Gasteiger partial charge in [-0.1, -0.05) is 29.3 Å². The molecule has 3 aliphatic heterocycles. The summed E-state index contributed by atoms with van der Waals surface area (Å²) in [7, 11) is 0. The van der Waals surface area contributed by atoms with Gasteiger partial charge >= 0.3 is 0 Å². The molecule has 0 saturated carbocycles. The Bertz CT molecular complexity index is 386. The van der Waals surface area contributed by atoms with Crippen LogP contribution in [0.3, 0.4) is 0 Å². The molecular weight excluding hydrogens is 255 g/mol. The molecule has 0 radical (unpaired) electrons. The summed E-state index contributed by atoms with van der Waals surface area (Å²) < 4.78 is -0.875. The van der Waals surface area contributed by atoms with E-state index in [0.29, 0.717) is 0 Å². The van der Waals surface area contributed by atoms with E-state index < -0.39 is 4.33 Å². The zero-order chi connectivity index (χ0) is 11.9. The third kappa shape index (κ3) is 2.07. The Morgan fingerprint density at radius 2 is 2.00 bits per heavy atom. The van der Waals surface area contributed by atoms with Gasteiger partial charge in [0.25, 0.3) is 0 Å². The highest BCUT2D eigenvalue weighted by Gasteiger charge is 2.46. The Balaban J connectivity index is 1.88. The lowest BCUT2D eigenvalue weighted by molar-refractivity contribution is 0.0396. The van der Waals surface area contributed by atoms with Crippen LogP contribution in [0, 0.1) is 5.92 Å². The first kappa shape index (κ1) is 11.8. The number of halogens is 2. The molecule has 92 valence electrons. The van der Waals surface area contributed by atoms with Crippen molar-refractivity contribution in [3.8, 4) is 0 Å². The van der Waals surface area contributed by atoms with Crippen molar-refractivity contribution < 1.29 is 0 Å². The van der Waals surface area contributed by atoms with E-state index in [0.717, 1.165) is 31.1 Å². The van der Waals surface area contributed by atoms with Crippen molar-refractivity contribution in [1.29, 1.82) is 0 Å². The van der Waals surface area contributed by atoms with Crippen LogP contribution in [0.2, 0.25) is 0 Å². The molecule has 0 N–H and O–H groups in total. The van der Waals surface area contributed by atoms with Crippen LogP contribution in [0.4, 0.5) is 0 Å². The average molecular weight is 271 g/mol. The van der Waals surface area contributed by atoms with Crippen molar-refractivity contribution in [3.05, 3.63) is 30.1 Å². The van der Waals surface area contributed by atoms with Crippen LogP contribution in [0.25, 0.3) is 0 Å². The van der Waals surface area contributed by atoms with Crippen molar-refractivity contribution in [2.24, 2.45) is 5.92 Å². The minimum absolute atomic E-state index is 0.216. The second kappa shape index (κ2) is 4.42. The third-order valence-electron chi connectivity index (χ3n) is 4.07. The predicted octanol–water partition coefficient (Wildman–Crippen LogP) is 3.20. The van der Waals surface area contributed by atoms with Crippen LogP contribution in [0.15, 0.2) is 24.4 Å². The second-order valence-corrected chi connectivity index (χ2v) is 6.45. The Morgan fingerprint density at radius 1 is 1.24 bits per heavy atom. The Morgan fingerprint density at radius 3 is 2.53 bits per heavy atom. The molecule has 4 rings (SSSR count). The molecule has 2 nitrogen and oxygen atoms in total. The van der Waals surface area contributed by atoms with Crippen LogP contribution in [-0.4, -0.2) is 29.0 Å². The summed E-state index contributed by atoms with van der Waals surface area (Å²) in [6.45, 7) is 2.26. The average Bonchev–Trinajstić information content (AvgIpc) is 2.41. The molecule has 3 fully saturated rings. The summed E-state index contributed by atoms with van der Waals surface area (Å²) in [6.07, 6.45) is 5.44. The molecule has 2 bridgehead atoms. The summed E-state index contributed by atoms with van der Waals surface area (Å²) in [5.41, 5.74) is 0.779. The molecule has 0 spiro atoms. The number of fused-ring (bicyclic) bond motifs is 3. The Labute approximate surface area is 112 Å². The van der Waals surface area contributed by atoms with Crippen molar-refractivity contribution >= 4 is 23.2 Å². The van der Waals surface area contributed by atoms with E-state index in [9.17, 15) is 0 Å². The number of pyridine rings is 1. The second-order valence-electron chi connectivity index (χ2n) is 5.07. The van der Waals surface area contributed by atoms with Gasteiger partial charge in [0, 0.05) is 12.2 Å². The summed E-state index contributed by atoms with van der Waals surface area (Å²) in [4.78, 5) is 6.74. The molecule has 0 aromatic carbocycles. The molecule has 3 aliphatic rings. The number of hydrogen-bond donors (Lipinski definition) is 0. The van der Waals surface area contributed by atoms with Gasteiger partial charge < -0.3 is 0 Å². The lowest BCUT2D eigenvalue weighted by Crippen LogP contribution is -2.54. The zero-order valence-corrected chi connectivity index (χ0v) is 11.2. The molecule has 4 heterocycles. The third-order valence-corrected chi connectivity index (χ3v) is 4.96. The molecule has 1 aromatic rings. The summed E-state index contributed by atoms with van der Waals surface area (Å²) in [6, 6.07) is 5.97. The zero-order valence-electron chi connectivity index (χ0n) is 9.65. The lowest BCUT2D eigenvalue weighted by atomic mass is 9.81. The Kier molecular flexibility index (Phi) is 3.06. The lowest BCUT2D eigenvalue weighted by Gasteiger charge is -2.49. The minimum atomic E-state index is -0.875. The van der Waals surface area contributed by atoms with Gasteiger partial charge in [-0.15, -0.1) is 0 Å². The molecule has 1 unspecified atom stereocenters. The highest BCUT2D eigenvalue weighted by atomic mass is 35.5. The standard InChI is InChI=1S/C13H16Cl2N2/c14-13(15,11-3-1-2-6-16-11)12-9-10-4-7-17(12)8-5-10/h1-3,6,10,12H,4-5,7-9H2. The molecule has 0 amide bonds. The van der Waals surface area contributed by atoms with Crippen LogP contribution in [0.5, 0.6) is 0 Å². The van der Waals surface area contributed by atoms with Crippen LogP contribution >= 0.6 is 23.2 Å². The van der Waals surface area contributed by atoms with Crippen LogP contribution < -0.4 is 0 Å². The van der Waals surface area contributed by atoms with Gasteiger partial charge in [0.1, 0.15) is 0 Å². The topological polar surface area (TPSA) is 16.1 Å². The van der Waals surface area contributed by atoms with Gasteiger partial charge in [-0.25, -0.2) is 0 Å². The van der Waals surface area contributed by atoms with Crippen molar-refractivity contribution in [1.82, 2.24) is 9.88 Å². The molecule has 4 heteroatoms. The van der Waals surface area contributed by atoms with E-state index >= 15 is 0 Å². The van der Waals surface area contributed by atoms with Gasteiger partial charge in [-0.3, -0.25) is 9.88 Å². The summed E-state index contributed by atoms with van der Waals surface area (Å²) >= 11 is 13.2. The fraction of sp³-hybridized carbons (Fsp3) is 0.615. The maximum atomic E-state index is 6.60. The normalized spacial score (nSPS) is 32.7. The molecule has 17 heavy (non-hydrogen) atoms. The first-order valence-corrected chi connectivity index (χ1v) is 6.97. The smallest absolute Gasteiger partial charge is 0.175 e. The van der Waals surface area contributed by atoms with Crippen LogP contribution in [0.1, 0.15) is 25.0 Å². The fourth-order valence-electron chi connectivity index (χ4n) is 3.07. The first-order valence-electron chi connectivity index (χ1n) is 6.21. The summed E-state index contributed by atoms with van der Waals surface area (Å²) in [5.74, 6) is 0.797. The Hall–Kier alpha value is -0.310. The molecule has 1 atom stereocenters. The molecule has 0 aliphatic carbocycles. The molecular formula is C13H16Cl2N2. The van der Waals surface area contributed by atoms with E-state index in [2.05, 4.69) is 9.88 Å². The highest BCUT2D eigenvalue weighted by molar-refractivity contribution is 6.48. The highest BCUT2D eigenvalue weighted by Crippen LogP contribution is 2.46. The number of aromatic nitrogens is 1. The first-order chi connectivity index (χ1) is 8.18. The maximum Gasteiger partial charge on any atom is 0.175 e. The van der Waals surface area contributed by atoms with Gasteiger partial charge in [-0.05, 0) is 50.4 Å². The SMILES string of the molecule is ClC(Cl)(c1ccccn1)C1CC2CCN1CC2. The van der Waals surface area contributed by atoms with Gasteiger partial charge in [-0.2, -0.15) is 0 Å². The largest absolute Gasteiger partial charge is 0.297 e. The van der Waals surface area contributed by atoms with E-state index in [1.54, 1.807) is 6.20 Å². The predicted molar refractivity (Wildman–Crippen MR) is 70.3 cm³/mol. The quantitative estimate of drug-likeness (QED) is 0.768. The van der Waals surface area contributed by atoms with Crippen molar-refractivity contribution in [3.63, 3.8) is 0 Å². The van der Waals surface area contributed by atoms with Crippen molar-refractivity contribution in [2.45, 2.75) is 29.6 Å². The van der Waals surface area contributed by atoms with Gasteiger partial charge in [0.15, 0.2) is 4.33 Å². The maximum absolute atomic E-state index is 6.60. The van der Waals surface area contributed by atoms with E-state index in [1.165, 1.54) is 12.8 Å². The van der Waals surface area contributed by atoms with Gasteiger partial charge in [0.2, 0.25) is 0 Å². The molecule has 3 saturated heterocycles. The number of hydrogen-bond acceptors (Lipinski definition) is 2. The molecule has 1 aromatic heterocycles. The number of rotatable bonds is 2. The van der Waals surface area contributed by atoms with Gasteiger partial charge in [0.05, 0.1) is 5.69 Å². The van der Waals surface area contributed by atoms with E-state index in [4.69, 9.17) is 23.2 Å². The number of piperidine rings is 3. The van der Waals surface area contributed by atoms with E-state index in [-0.39, 0.29) is 6.04 Å². The fourth-order valence-corrected chi connectivity index (χ4v) is 3.75. The van der Waals surface area contributed by atoms with Crippen molar-refractivity contribution in [2.75, 3.05) is 13.1 Å². The minimum Gasteiger partial charge on any atom is -0.297 e. The number of alkyl halides is 2.